The molecule has 21 heavy (non-hydrogen) atoms. The molecular weight excluding hydrogens is 264 g/mol. The lowest BCUT2D eigenvalue weighted by Crippen LogP contribution is -2.19. The van der Waals surface area contributed by atoms with Crippen molar-refractivity contribution in [2.24, 2.45) is 0 Å². The molecule has 1 aliphatic rings. The van der Waals surface area contributed by atoms with Crippen LogP contribution in [-0.2, 0) is 11.2 Å². The van der Waals surface area contributed by atoms with E-state index in [1.165, 1.54) is 0 Å². The summed E-state index contributed by atoms with van der Waals surface area (Å²) in [6, 6.07) is 13.3. The van der Waals surface area contributed by atoms with Gasteiger partial charge < -0.3 is 15.7 Å². The number of hydrogen-bond acceptors (Lipinski definition) is 3. The number of anilines is 2. The van der Waals surface area contributed by atoms with Crippen molar-refractivity contribution in [2.45, 2.75) is 25.8 Å². The number of fused-ring (bicyclic) bond motifs is 1. The lowest BCUT2D eigenvalue weighted by molar-refractivity contribution is -0.116. The summed E-state index contributed by atoms with van der Waals surface area (Å²) in [6.45, 7) is 2.01. The average molecular weight is 282 g/mol. The zero-order valence-corrected chi connectivity index (χ0v) is 11.9. The monoisotopic (exact) mass is 282 g/mol. The van der Waals surface area contributed by atoms with E-state index >= 15 is 0 Å². The number of benzene rings is 2. The fraction of sp³-hybridized carbons (Fsp3) is 0.235. The summed E-state index contributed by atoms with van der Waals surface area (Å²) in [5.41, 5.74) is 3.89. The first-order valence-electron chi connectivity index (χ1n) is 7.10. The van der Waals surface area contributed by atoms with Crippen LogP contribution in [0.25, 0.3) is 0 Å². The van der Waals surface area contributed by atoms with Crippen LogP contribution in [-0.4, -0.2) is 11.0 Å². The van der Waals surface area contributed by atoms with E-state index in [0.29, 0.717) is 12.2 Å². The molecule has 0 aromatic heterocycles. The van der Waals surface area contributed by atoms with Crippen molar-refractivity contribution in [2.75, 3.05) is 10.6 Å². The van der Waals surface area contributed by atoms with Gasteiger partial charge >= 0.3 is 0 Å². The van der Waals surface area contributed by atoms with Crippen molar-refractivity contribution in [3.63, 3.8) is 0 Å². The number of hydrogen-bond donors (Lipinski definition) is 3. The second-order valence-electron chi connectivity index (χ2n) is 5.34. The number of amides is 1. The van der Waals surface area contributed by atoms with Crippen LogP contribution in [0.4, 0.5) is 11.4 Å². The third-order valence-corrected chi connectivity index (χ3v) is 3.79. The summed E-state index contributed by atoms with van der Waals surface area (Å²) in [5.74, 6) is 0.369. The van der Waals surface area contributed by atoms with E-state index in [4.69, 9.17) is 0 Å². The molecule has 3 N–H and O–H groups in total. The van der Waals surface area contributed by atoms with Gasteiger partial charge in [0.05, 0.1) is 6.04 Å². The summed E-state index contributed by atoms with van der Waals surface area (Å²) in [6.07, 6.45) is 1.30. The van der Waals surface area contributed by atoms with Gasteiger partial charge in [-0.2, -0.15) is 0 Å². The molecule has 0 bridgehead atoms. The van der Waals surface area contributed by atoms with Gasteiger partial charge in [0.2, 0.25) is 5.91 Å². The minimum Gasteiger partial charge on any atom is -0.508 e. The summed E-state index contributed by atoms with van der Waals surface area (Å²) in [7, 11) is 0. The Balaban J connectivity index is 1.79. The number of aryl methyl sites for hydroxylation is 1. The Morgan fingerprint density at radius 2 is 2.00 bits per heavy atom. The summed E-state index contributed by atoms with van der Waals surface area (Å²) in [4.78, 5) is 11.4. The number of aromatic hydroxyl groups is 1. The highest BCUT2D eigenvalue weighted by Crippen LogP contribution is 2.30. The maximum absolute atomic E-state index is 11.4. The van der Waals surface area contributed by atoms with Crippen molar-refractivity contribution in [3.05, 3.63) is 53.6 Å². The largest absolute Gasteiger partial charge is 0.508 e. The van der Waals surface area contributed by atoms with E-state index in [1.807, 2.05) is 37.3 Å². The van der Waals surface area contributed by atoms with E-state index < -0.39 is 0 Å². The molecule has 2 aromatic carbocycles. The second kappa shape index (κ2) is 5.48. The van der Waals surface area contributed by atoms with Crippen LogP contribution in [0.5, 0.6) is 5.75 Å². The number of carbonyl (C=O) groups is 1. The van der Waals surface area contributed by atoms with Gasteiger partial charge in [0.1, 0.15) is 5.75 Å². The van der Waals surface area contributed by atoms with Gasteiger partial charge in [-0.25, -0.2) is 0 Å². The molecule has 1 atom stereocenters. The van der Waals surface area contributed by atoms with Crippen LogP contribution < -0.4 is 10.6 Å². The smallest absolute Gasteiger partial charge is 0.224 e. The van der Waals surface area contributed by atoms with E-state index in [0.717, 1.165) is 28.9 Å². The fourth-order valence-electron chi connectivity index (χ4n) is 2.65. The number of para-hydroxylation sites is 1. The molecule has 1 heterocycles. The Labute approximate surface area is 123 Å². The molecule has 1 unspecified atom stereocenters. The molecule has 108 valence electrons. The molecular formula is C17H18N2O2. The number of phenolic OH excluding ortho intramolecular Hbond substituents is 1. The first kappa shape index (κ1) is 13.5. The van der Waals surface area contributed by atoms with Crippen molar-refractivity contribution < 1.29 is 9.90 Å². The Morgan fingerprint density at radius 3 is 2.81 bits per heavy atom. The predicted octanol–water partition coefficient (Wildman–Crippen LogP) is 3.45. The number of carbonyl (C=O) groups excluding carboxylic acids is 1. The molecule has 4 nitrogen and oxygen atoms in total. The fourth-order valence-corrected chi connectivity index (χ4v) is 2.65. The minimum atomic E-state index is 0.00225. The minimum absolute atomic E-state index is 0.00225. The van der Waals surface area contributed by atoms with Crippen LogP contribution in [0, 0.1) is 0 Å². The number of rotatable bonds is 3. The normalized spacial score (nSPS) is 15.0. The highest BCUT2D eigenvalue weighted by atomic mass is 16.3. The van der Waals surface area contributed by atoms with Gasteiger partial charge in [-0.3, -0.25) is 4.79 Å². The van der Waals surface area contributed by atoms with Crippen LogP contribution in [0.1, 0.15) is 30.5 Å². The van der Waals surface area contributed by atoms with E-state index in [1.54, 1.807) is 6.07 Å². The Kier molecular flexibility index (Phi) is 3.52. The van der Waals surface area contributed by atoms with E-state index in [9.17, 15) is 9.90 Å². The molecule has 2 aromatic rings. The predicted molar refractivity (Wildman–Crippen MR) is 83.5 cm³/mol. The van der Waals surface area contributed by atoms with Gasteiger partial charge in [-0.1, -0.05) is 18.2 Å². The molecule has 0 radical (unpaired) electrons. The van der Waals surface area contributed by atoms with Gasteiger partial charge in [-0.15, -0.1) is 0 Å². The van der Waals surface area contributed by atoms with E-state index in [2.05, 4.69) is 16.7 Å². The van der Waals surface area contributed by atoms with Gasteiger partial charge in [0, 0.05) is 23.4 Å². The molecule has 1 aliphatic heterocycles. The first-order chi connectivity index (χ1) is 10.1. The van der Waals surface area contributed by atoms with Crippen LogP contribution in [0.15, 0.2) is 42.5 Å². The van der Waals surface area contributed by atoms with E-state index in [-0.39, 0.29) is 11.9 Å². The molecule has 0 saturated heterocycles. The maximum Gasteiger partial charge on any atom is 0.224 e. The lowest BCUT2D eigenvalue weighted by atomic mass is 10.0. The Bertz CT molecular complexity index is 682. The summed E-state index contributed by atoms with van der Waals surface area (Å²) < 4.78 is 0. The van der Waals surface area contributed by atoms with Crippen molar-refractivity contribution in [1.82, 2.24) is 0 Å². The van der Waals surface area contributed by atoms with Crippen LogP contribution in [0.3, 0.4) is 0 Å². The maximum atomic E-state index is 11.4. The van der Waals surface area contributed by atoms with Crippen molar-refractivity contribution >= 4 is 17.3 Å². The molecule has 0 spiro atoms. The first-order valence-corrected chi connectivity index (χ1v) is 7.10. The standard InChI is InChI=1S/C17H18N2O2/c1-11(14-4-2-3-5-16(14)20)18-13-7-8-15-12(10-13)6-9-17(21)19-15/h2-5,7-8,10-11,18,20H,6,9H2,1H3,(H,19,21). The Hall–Kier alpha value is -2.49. The zero-order chi connectivity index (χ0) is 14.8. The summed E-state index contributed by atoms with van der Waals surface area (Å²) in [5, 5.41) is 16.2. The number of nitrogens with one attached hydrogen (secondary N) is 2. The van der Waals surface area contributed by atoms with Gasteiger partial charge in [0.25, 0.3) is 0 Å². The lowest BCUT2D eigenvalue weighted by Gasteiger charge is -2.21. The molecule has 4 heteroatoms. The van der Waals surface area contributed by atoms with Gasteiger partial charge in [0.15, 0.2) is 0 Å². The number of phenols is 1. The highest BCUT2D eigenvalue weighted by Gasteiger charge is 2.16. The van der Waals surface area contributed by atoms with Crippen LogP contribution >= 0.6 is 0 Å². The quantitative estimate of drug-likeness (QED) is 0.808. The molecule has 0 fully saturated rings. The highest BCUT2D eigenvalue weighted by molar-refractivity contribution is 5.94. The molecule has 0 aliphatic carbocycles. The average Bonchev–Trinajstić information content (AvgIpc) is 2.48. The second-order valence-corrected chi connectivity index (χ2v) is 5.34. The van der Waals surface area contributed by atoms with Gasteiger partial charge in [-0.05, 0) is 43.2 Å². The van der Waals surface area contributed by atoms with Crippen molar-refractivity contribution in [3.8, 4) is 5.75 Å². The Morgan fingerprint density at radius 1 is 1.19 bits per heavy atom. The zero-order valence-electron chi connectivity index (χ0n) is 11.9. The molecule has 1 amide bonds. The van der Waals surface area contributed by atoms with Crippen LogP contribution in [0.2, 0.25) is 0 Å². The summed E-state index contributed by atoms with van der Waals surface area (Å²) >= 11 is 0. The molecule has 3 rings (SSSR count). The molecule has 0 saturated carbocycles. The topological polar surface area (TPSA) is 61.4 Å². The SMILES string of the molecule is CC(Nc1ccc2c(c1)CCC(=O)N2)c1ccccc1O. The third-order valence-electron chi connectivity index (χ3n) is 3.79. The van der Waals surface area contributed by atoms with Crippen molar-refractivity contribution in [1.29, 1.82) is 0 Å². The third kappa shape index (κ3) is 2.84.